The van der Waals surface area contributed by atoms with Gasteiger partial charge in [0.15, 0.2) is 0 Å². The van der Waals surface area contributed by atoms with E-state index in [-0.39, 0.29) is 11.9 Å². The molecule has 1 amide bonds. The maximum atomic E-state index is 11.9. The van der Waals surface area contributed by atoms with E-state index in [0.717, 1.165) is 17.7 Å². The van der Waals surface area contributed by atoms with Gasteiger partial charge in [0.05, 0.1) is 6.04 Å². The minimum Gasteiger partial charge on any atom is -0.351 e. The molecule has 0 aromatic heterocycles. The summed E-state index contributed by atoms with van der Waals surface area (Å²) in [4.78, 5) is 11.9. The summed E-state index contributed by atoms with van der Waals surface area (Å²) < 4.78 is 0. The van der Waals surface area contributed by atoms with Crippen molar-refractivity contribution < 1.29 is 4.79 Å². The van der Waals surface area contributed by atoms with Crippen LogP contribution in [0.4, 0.5) is 0 Å². The van der Waals surface area contributed by atoms with E-state index >= 15 is 0 Å². The molecule has 0 aliphatic carbocycles. The number of carbonyl (C=O) groups excluding carboxylic acids is 1. The molecular formula is C13H20N2OS. The van der Waals surface area contributed by atoms with Crippen molar-refractivity contribution in [2.45, 2.75) is 19.0 Å². The first-order valence-electron chi connectivity index (χ1n) is 5.75. The van der Waals surface area contributed by atoms with E-state index in [0.29, 0.717) is 6.54 Å². The molecule has 0 bridgehead atoms. The first-order valence-corrected chi connectivity index (χ1v) is 7.15. The summed E-state index contributed by atoms with van der Waals surface area (Å²) in [6.07, 6.45) is 2.91. The van der Waals surface area contributed by atoms with Crippen LogP contribution in [0.1, 0.15) is 12.0 Å². The second-order valence-electron chi connectivity index (χ2n) is 3.83. The van der Waals surface area contributed by atoms with Crippen molar-refractivity contribution in [3.63, 3.8) is 0 Å². The van der Waals surface area contributed by atoms with Crippen LogP contribution in [-0.2, 0) is 11.3 Å². The normalized spacial score (nSPS) is 12.1. The van der Waals surface area contributed by atoms with Crippen LogP contribution in [0.2, 0.25) is 0 Å². The minimum atomic E-state index is -0.0915. The summed E-state index contributed by atoms with van der Waals surface area (Å²) in [5.41, 5.74) is 1.13. The molecule has 0 spiro atoms. The Morgan fingerprint density at radius 1 is 1.35 bits per heavy atom. The Balaban J connectivity index is 2.37. The zero-order valence-corrected chi connectivity index (χ0v) is 11.2. The molecule has 0 saturated carbocycles. The van der Waals surface area contributed by atoms with Crippen LogP contribution in [0.15, 0.2) is 30.3 Å². The molecule has 0 aliphatic heterocycles. The molecule has 0 radical (unpaired) electrons. The van der Waals surface area contributed by atoms with Gasteiger partial charge in [0.2, 0.25) is 5.91 Å². The summed E-state index contributed by atoms with van der Waals surface area (Å²) in [5, 5.41) is 6.00. The lowest BCUT2D eigenvalue weighted by Gasteiger charge is -2.15. The quantitative estimate of drug-likeness (QED) is 0.775. The van der Waals surface area contributed by atoms with Gasteiger partial charge < -0.3 is 10.6 Å². The standard InChI is InChI=1S/C13H20N2OS/c1-14-12(8-9-17-2)13(16)15-10-11-6-4-3-5-7-11/h3-7,12,14H,8-10H2,1-2H3,(H,15,16)/t12-/m0/s1. The summed E-state index contributed by atoms with van der Waals surface area (Å²) in [7, 11) is 1.83. The number of rotatable bonds is 7. The number of nitrogens with one attached hydrogen (secondary N) is 2. The highest BCUT2D eigenvalue weighted by Crippen LogP contribution is 2.02. The monoisotopic (exact) mass is 252 g/mol. The van der Waals surface area contributed by atoms with Gasteiger partial charge in [-0.15, -0.1) is 0 Å². The fourth-order valence-corrected chi connectivity index (χ4v) is 2.02. The molecule has 2 N–H and O–H groups in total. The molecule has 0 heterocycles. The summed E-state index contributed by atoms with van der Waals surface area (Å²) in [5.74, 6) is 1.06. The highest BCUT2D eigenvalue weighted by Gasteiger charge is 2.14. The average molecular weight is 252 g/mol. The van der Waals surface area contributed by atoms with Crippen LogP contribution in [-0.4, -0.2) is 31.0 Å². The van der Waals surface area contributed by atoms with Gasteiger partial charge >= 0.3 is 0 Å². The second-order valence-corrected chi connectivity index (χ2v) is 4.81. The smallest absolute Gasteiger partial charge is 0.237 e. The third-order valence-corrected chi connectivity index (χ3v) is 3.23. The number of amides is 1. The average Bonchev–Trinajstić information content (AvgIpc) is 2.38. The Hall–Kier alpha value is -1.00. The Morgan fingerprint density at radius 2 is 2.06 bits per heavy atom. The predicted molar refractivity (Wildman–Crippen MR) is 74.1 cm³/mol. The van der Waals surface area contributed by atoms with Crippen LogP contribution in [0, 0.1) is 0 Å². The predicted octanol–water partition coefficient (Wildman–Crippen LogP) is 1.64. The number of likely N-dealkylation sites (N-methyl/N-ethyl adjacent to an activating group) is 1. The Bertz CT molecular complexity index is 329. The number of hydrogen-bond donors (Lipinski definition) is 2. The molecule has 1 aromatic rings. The van der Waals surface area contributed by atoms with Gasteiger partial charge in [-0.3, -0.25) is 4.79 Å². The molecule has 94 valence electrons. The number of thioether (sulfide) groups is 1. The van der Waals surface area contributed by atoms with Crippen molar-refractivity contribution in [3.8, 4) is 0 Å². The van der Waals surface area contributed by atoms with Crippen LogP contribution in [0.5, 0.6) is 0 Å². The third kappa shape index (κ3) is 5.24. The van der Waals surface area contributed by atoms with Gasteiger partial charge in [-0.2, -0.15) is 11.8 Å². The van der Waals surface area contributed by atoms with E-state index in [4.69, 9.17) is 0 Å². The van der Waals surface area contributed by atoms with Gasteiger partial charge in [-0.05, 0) is 31.0 Å². The highest BCUT2D eigenvalue weighted by atomic mass is 32.2. The molecule has 1 aromatic carbocycles. The van der Waals surface area contributed by atoms with E-state index < -0.39 is 0 Å². The summed E-state index contributed by atoms with van der Waals surface area (Å²) in [6, 6.07) is 9.86. The zero-order chi connectivity index (χ0) is 12.5. The van der Waals surface area contributed by atoms with Crippen LogP contribution >= 0.6 is 11.8 Å². The number of hydrogen-bond acceptors (Lipinski definition) is 3. The van der Waals surface area contributed by atoms with E-state index in [9.17, 15) is 4.79 Å². The van der Waals surface area contributed by atoms with Gasteiger partial charge in [-0.25, -0.2) is 0 Å². The van der Waals surface area contributed by atoms with Crippen molar-refractivity contribution in [1.82, 2.24) is 10.6 Å². The molecule has 17 heavy (non-hydrogen) atoms. The summed E-state index contributed by atoms with van der Waals surface area (Å²) in [6.45, 7) is 0.594. The van der Waals surface area contributed by atoms with Crippen molar-refractivity contribution in [3.05, 3.63) is 35.9 Å². The van der Waals surface area contributed by atoms with Crippen molar-refractivity contribution >= 4 is 17.7 Å². The lowest BCUT2D eigenvalue weighted by Crippen LogP contribution is -2.42. The molecule has 0 aliphatic rings. The topological polar surface area (TPSA) is 41.1 Å². The molecule has 0 saturated heterocycles. The maximum Gasteiger partial charge on any atom is 0.237 e. The molecule has 3 nitrogen and oxygen atoms in total. The zero-order valence-electron chi connectivity index (χ0n) is 10.4. The molecule has 0 unspecified atom stereocenters. The van der Waals surface area contributed by atoms with E-state index in [1.54, 1.807) is 11.8 Å². The van der Waals surface area contributed by atoms with E-state index in [1.165, 1.54) is 0 Å². The Morgan fingerprint density at radius 3 is 2.65 bits per heavy atom. The fourth-order valence-electron chi connectivity index (χ4n) is 1.55. The van der Waals surface area contributed by atoms with Crippen LogP contribution < -0.4 is 10.6 Å². The fraction of sp³-hybridized carbons (Fsp3) is 0.462. The number of benzene rings is 1. The maximum absolute atomic E-state index is 11.9. The molecular weight excluding hydrogens is 232 g/mol. The Labute approximate surface area is 107 Å². The lowest BCUT2D eigenvalue weighted by molar-refractivity contribution is -0.123. The van der Waals surface area contributed by atoms with Crippen molar-refractivity contribution in [1.29, 1.82) is 0 Å². The molecule has 1 rings (SSSR count). The van der Waals surface area contributed by atoms with Gasteiger partial charge in [0, 0.05) is 6.54 Å². The molecule has 4 heteroatoms. The van der Waals surface area contributed by atoms with Gasteiger partial charge in [-0.1, -0.05) is 30.3 Å². The Kier molecular flexibility index (Phi) is 6.74. The summed E-state index contributed by atoms with van der Waals surface area (Å²) >= 11 is 1.76. The molecule has 1 atom stereocenters. The van der Waals surface area contributed by atoms with Crippen LogP contribution in [0.3, 0.4) is 0 Å². The van der Waals surface area contributed by atoms with Crippen molar-refractivity contribution in [2.75, 3.05) is 19.1 Å². The second kappa shape index (κ2) is 8.14. The highest BCUT2D eigenvalue weighted by molar-refractivity contribution is 7.98. The van der Waals surface area contributed by atoms with Crippen LogP contribution in [0.25, 0.3) is 0 Å². The largest absolute Gasteiger partial charge is 0.351 e. The van der Waals surface area contributed by atoms with E-state index in [1.807, 2.05) is 37.4 Å². The van der Waals surface area contributed by atoms with E-state index in [2.05, 4.69) is 16.9 Å². The number of carbonyl (C=O) groups is 1. The van der Waals surface area contributed by atoms with Gasteiger partial charge in [0.25, 0.3) is 0 Å². The minimum absolute atomic E-state index is 0.0744. The van der Waals surface area contributed by atoms with Crippen molar-refractivity contribution in [2.24, 2.45) is 0 Å². The molecule has 0 fully saturated rings. The first-order chi connectivity index (χ1) is 8.27. The third-order valence-electron chi connectivity index (χ3n) is 2.59. The lowest BCUT2D eigenvalue weighted by atomic mass is 10.2. The first kappa shape index (κ1) is 14.1. The SMILES string of the molecule is CN[C@@H](CCSC)C(=O)NCc1ccccc1. The van der Waals surface area contributed by atoms with Gasteiger partial charge in [0.1, 0.15) is 0 Å².